The van der Waals surface area contributed by atoms with Crippen molar-refractivity contribution in [2.45, 2.75) is 52.1 Å². The fourth-order valence-corrected chi connectivity index (χ4v) is 2.54. The number of nitrogens with one attached hydrogen (secondary N) is 2. The minimum absolute atomic E-state index is 0.191. The number of halogens is 1. The second-order valence-corrected chi connectivity index (χ2v) is 6.39. The van der Waals surface area contributed by atoms with E-state index in [4.69, 9.17) is 0 Å². The molecule has 1 saturated carbocycles. The van der Waals surface area contributed by atoms with Gasteiger partial charge in [-0.25, -0.2) is 4.39 Å². The first-order valence-corrected chi connectivity index (χ1v) is 7.73. The van der Waals surface area contributed by atoms with Crippen LogP contribution in [0.4, 0.5) is 4.39 Å². The molecule has 2 N–H and O–H groups in total. The van der Waals surface area contributed by atoms with Crippen LogP contribution in [0.3, 0.4) is 0 Å². The Kier molecular flexibility index (Phi) is 5.16. The Morgan fingerprint density at radius 3 is 2.32 bits per heavy atom. The molecular formula is C17H23FN2O2. The highest BCUT2D eigenvalue weighted by atomic mass is 19.1. The highest BCUT2D eigenvalue weighted by Gasteiger charge is 2.37. The molecule has 0 radical (unpaired) electrons. The lowest BCUT2D eigenvalue weighted by Gasteiger charge is -2.25. The summed E-state index contributed by atoms with van der Waals surface area (Å²) in [6, 6.07) is 6.11. The van der Waals surface area contributed by atoms with Crippen LogP contribution in [-0.2, 0) is 16.1 Å². The zero-order valence-electron chi connectivity index (χ0n) is 13.1. The lowest BCUT2D eigenvalue weighted by atomic mass is 9.90. The lowest BCUT2D eigenvalue weighted by Crippen LogP contribution is -2.49. The molecule has 0 aliphatic heterocycles. The largest absolute Gasteiger partial charge is 0.352 e. The summed E-state index contributed by atoms with van der Waals surface area (Å²) >= 11 is 0. The van der Waals surface area contributed by atoms with Crippen LogP contribution in [0.25, 0.3) is 0 Å². The predicted molar refractivity (Wildman–Crippen MR) is 82.4 cm³/mol. The van der Waals surface area contributed by atoms with Crippen molar-refractivity contribution < 1.29 is 14.0 Å². The number of carbonyl (C=O) groups is 2. The highest BCUT2D eigenvalue weighted by Crippen LogP contribution is 2.21. The number of rotatable bonds is 5. The molecule has 4 nitrogen and oxygen atoms in total. The summed E-state index contributed by atoms with van der Waals surface area (Å²) in [6.07, 6.45) is 4.22. The number of benzene rings is 1. The van der Waals surface area contributed by atoms with Crippen molar-refractivity contribution in [3.63, 3.8) is 0 Å². The Morgan fingerprint density at radius 2 is 1.73 bits per heavy atom. The molecule has 0 atom stereocenters. The van der Waals surface area contributed by atoms with E-state index < -0.39 is 5.41 Å². The third-order valence-electron chi connectivity index (χ3n) is 4.19. The number of hydrogen-bond donors (Lipinski definition) is 2. The Bertz CT molecular complexity index is 534. The van der Waals surface area contributed by atoms with Crippen molar-refractivity contribution in [3.8, 4) is 0 Å². The van der Waals surface area contributed by atoms with Crippen LogP contribution in [0.2, 0.25) is 0 Å². The molecule has 0 heterocycles. The van der Waals surface area contributed by atoms with Gasteiger partial charge in [-0.3, -0.25) is 9.59 Å². The Hall–Kier alpha value is -1.91. The molecule has 2 rings (SSSR count). The number of hydrogen-bond acceptors (Lipinski definition) is 2. The zero-order chi connectivity index (χ0) is 16.2. The first-order chi connectivity index (χ1) is 10.4. The van der Waals surface area contributed by atoms with Crippen molar-refractivity contribution in [1.29, 1.82) is 0 Å². The van der Waals surface area contributed by atoms with E-state index in [0.29, 0.717) is 0 Å². The fraction of sp³-hybridized carbons (Fsp3) is 0.529. The summed E-state index contributed by atoms with van der Waals surface area (Å²) in [6.45, 7) is 3.52. The van der Waals surface area contributed by atoms with E-state index in [9.17, 15) is 14.0 Å². The Labute approximate surface area is 130 Å². The van der Waals surface area contributed by atoms with Crippen LogP contribution in [0.1, 0.15) is 45.1 Å². The van der Waals surface area contributed by atoms with Gasteiger partial charge in [-0.15, -0.1) is 0 Å². The summed E-state index contributed by atoms with van der Waals surface area (Å²) in [5, 5.41) is 5.70. The molecule has 1 aromatic carbocycles. The van der Waals surface area contributed by atoms with Gasteiger partial charge in [0.05, 0.1) is 0 Å². The maximum atomic E-state index is 12.8. The van der Waals surface area contributed by atoms with E-state index in [0.717, 1.165) is 31.2 Å². The molecule has 1 aliphatic rings. The van der Waals surface area contributed by atoms with Crippen molar-refractivity contribution in [2.24, 2.45) is 5.41 Å². The molecule has 0 unspecified atom stereocenters. The first-order valence-electron chi connectivity index (χ1n) is 7.73. The van der Waals surface area contributed by atoms with Crippen molar-refractivity contribution in [3.05, 3.63) is 35.6 Å². The van der Waals surface area contributed by atoms with Gasteiger partial charge < -0.3 is 10.6 Å². The summed E-state index contributed by atoms with van der Waals surface area (Å²) in [4.78, 5) is 24.6. The molecule has 120 valence electrons. The normalized spacial score (nSPS) is 15.6. The summed E-state index contributed by atoms with van der Waals surface area (Å²) < 4.78 is 12.8. The standard InChI is InChI=1S/C17H23FN2O2/c1-17(2,16(22)20-14-5-3-4-6-14)15(21)19-11-12-7-9-13(18)10-8-12/h7-10,14H,3-6,11H2,1-2H3,(H,19,21)(H,20,22). The van der Waals surface area contributed by atoms with Gasteiger partial charge in [-0.05, 0) is 44.4 Å². The van der Waals surface area contributed by atoms with Gasteiger partial charge in [0.25, 0.3) is 0 Å². The molecule has 0 aromatic heterocycles. The monoisotopic (exact) mass is 306 g/mol. The van der Waals surface area contributed by atoms with Gasteiger partial charge in [-0.2, -0.15) is 0 Å². The summed E-state index contributed by atoms with van der Waals surface area (Å²) in [5.41, 5.74) is -0.329. The van der Waals surface area contributed by atoms with Crippen molar-refractivity contribution >= 4 is 11.8 Å². The Balaban J connectivity index is 1.88. The Morgan fingerprint density at radius 1 is 1.14 bits per heavy atom. The SMILES string of the molecule is CC(C)(C(=O)NCc1ccc(F)cc1)C(=O)NC1CCCC1. The summed E-state index contributed by atoms with van der Waals surface area (Å²) in [7, 11) is 0. The molecule has 1 aliphatic carbocycles. The van der Waals surface area contributed by atoms with Crippen LogP contribution >= 0.6 is 0 Å². The first kappa shape index (κ1) is 16.5. The fourth-order valence-electron chi connectivity index (χ4n) is 2.54. The van der Waals surface area contributed by atoms with E-state index in [1.807, 2.05) is 0 Å². The van der Waals surface area contributed by atoms with E-state index in [1.165, 1.54) is 12.1 Å². The molecule has 1 fully saturated rings. The van der Waals surface area contributed by atoms with Crippen LogP contribution in [-0.4, -0.2) is 17.9 Å². The molecule has 0 spiro atoms. The molecule has 0 bridgehead atoms. The smallest absolute Gasteiger partial charge is 0.235 e. The van der Waals surface area contributed by atoms with E-state index in [1.54, 1.807) is 26.0 Å². The van der Waals surface area contributed by atoms with Gasteiger partial charge in [-0.1, -0.05) is 25.0 Å². The molecule has 22 heavy (non-hydrogen) atoms. The second kappa shape index (κ2) is 6.90. The van der Waals surface area contributed by atoms with Crippen LogP contribution in [0.5, 0.6) is 0 Å². The molecular weight excluding hydrogens is 283 g/mol. The highest BCUT2D eigenvalue weighted by molar-refractivity contribution is 6.04. The zero-order valence-corrected chi connectivity index (χ0v) is 13.1. The summed E-state index contributed by atoms with van der Waals surface area (Å²) in [5.74, 6) is -0.880. The number of amides is 2. The lowest BCUT2D eigenvalue weighted by molar-refractivity contribution is -0.141. The minimum atomic E-state index is -1.12. The number of carbonyl (C=O) groups excluding carboxylic acids is 2. The van der Waals surface area contributed by atoms with Crippen molar-refractivity contribution in [1.82, 2.24) is 10.6 Å². The van der Waals surface area contributed by atoms with E-state index in [-0.39, 0.29) is 30.2 Å². The van der Waals surface area contributed by atoms with Gasteiger partial charge in [0, 0.05) is 12.6 Å². The predicted octanol–water partition coefficient (Wildman–Crippen LogP) is 2.53. The van der Waals surface area contributed by atoms with Crippen molar-refractivity contribution in [2.75, 3.05) is 0 Å². The third-order valence-corrected chi connectivity index (χ3v) is 4.19. The molecule has 0 saturated heterocycles. The molecule has 5 heteroatoms. The molecule has 2 amide bonds. The van der Waals surface area contributed by atoms with Gasteiger partial charge in [0.2, 0.25) is 11.8 Å². The maximum Gasteiger partial charge on any atom is 0.235 e. The van der Waals surface area contributed by atoms with E-state index >= 15 is 0 Å². The van der Waals surface area contributed by atoms with Gasteiger partial charge in [0.15, 0.2) is 0 Å². The third kappa shape index (κ3) is 4.06. The molecule has 1 aromatic rings. The average molecular weight is 306 g/mol. The maximum absolute atomic E-state index is 12.8. The van der Waals surface area contributed by atoms with Crippen LogP contribution in [0, 0.1) is 11.2 Å². The van der Waals surface area contributed by atoms with E-state index in [2.05, 4.69) is 10.6 Å². The second-order valence-electron chi connectivity index (χ2n) is 6.39. The average Bonchev–Trinajstić information content (AvgIpc) is 2.99. The topological polar surface area (TPSA) is 58.2 Å². The quantitative estimate of drug-likeness (QED) is 0.821. The van der Waals surface area contributed by atoms with Crippen LogP contribution < -0.4 is 10.6 Å². The van der Waals surface area contributed by atoms with Crippen LogP contribution in [0.15, 0.2) is 24.3 Å². The van der Waals surface area contributed by atoms with Gasteiger partial charge >= 0.3 is 0 Å². The minimum Gasteiger partial charge on any atom is -0.352 e. The van der Waals surface area contributed by atoms with Gasteiger partial charge in [0.1, 0.15) is 11.2 Å².